The Morgan fingerprint density at radius 3 is 2.17 bits per heavy atom. The molecule has 11 nitrogen and oxygen atoms in total. The first-order valence-electron chi connectivity index (χ1n) is 16.9. The van der Waals surface area contributed by atoms with Gasteiger partial charge in [0.15, 0.2) is 11.9 Å². The Kier molecular flexibility index (Phi) is 12.1. The molecule has 0 aromatic heterocycles. The molecule has 0 bridgehead atoms. The molecule has 4 aliphatic carbocycles. The van der Waals surface area contributed by atoms with Gasteiger partial charge in [-0.25, -0.2) is 0 Å². The van der Waals surface area contributed by atoms with Crippen LogP contribution in [-0.4, -0.2) is 67.7 Å². The van der Waals surface area contributed by atoms with Crippen molar-refractivity contribution < 1.29 is 52.5 Å². The Bertz CT molecular complexity index is 1190. The van der Waals surface area contributed by atoms with E-state index < -0.39 is 30.0 Å². The van der Waals surface area contributed by atoms with Gasteiger partial charge in [0, 0.05) is 32.1 Å². The van der Waals surface area contributed by atoms with Crippen LogP contribution in [-0.2, 0) is 52.5 Å². The summed E-state index contributed by atoms with van der Waals surface area (Å²) in [5.41, 5.74) is 1.47. The second-order valence-corrected chi connectivity index (χ2v) is 14.0. The van der Waals surface area contributed by atoms with E-state index in [-0.39, 0.29) is 67.8 Å². The van der Waals surface area contributed by atoms with Crippen molar-refractivity contribution in [3.63, 3.8) is 0 Å². The minimum atomic E-state index is -0.977. The molecule has 0 aromatic rings. The quantitative estimate of drug-likeness (QED) is 0.143. The molecule has 4 aliphatic rings. The van der Waals surface area contributed by atoms with Gasteiger partial charge in [-0.1, -0.05) is 19.4 Å². The molecule has 0 amide bonds. The van der Waals surface area contributed by atoms with Crippen LogP contribution in [0.4, 0.5) is 0 Å². The maximum Gasteiger partial charge on any atom is 0.306 e. The summed E-state index contributed by atoms with van der Waals surface area (Å²) in [6.07, 6.45) is 9.54. The smallest absolute Gasteiger partial charge is 0.306 e. The van der Waals surface area contributed by atoms with Gasteiger partial charge in [0.2, 0.25) is 0 Å². The number of allylic oxidation sites excluding steroid dienone is 1. The van der Waals surface area contributed by atoms with E-state index in [1.807, 2.05) is 6.08 Å². The van der Waals surface area contributed by atoms with Crippen LogP contribution in [0.2, 0.25) is 0 Å². The Balaban J connectivity index is 1.12. The van der Waals surface area contributed by atoms with Crippen LogP contribution in [0, 0.1) is 28.6 Å². The number of esters is 5. The Morgan fingerprint density at radius 1 is 0.783 bits per heavy atom. The summed E-state index contributed by atoms with van der Waals surface area (Å²) in [6.45, 7) is 6.66. The Morgan fingerprint density at radius 2 is 1.48 bits per heavy atom. The third-order valence-corrected chi connectivity index (χ3v) is 11.0. The summed E-state index contributed by atoms with van der Waals surface area (Å²) in [5.74, 6) is -0.643. The highest BCUT2D eigenvalue weighted by Crippen LogP contribution is 2.65. The average molecular weight is 647 g/mol. The number of fused-ring (bicyclic) bond motifs is 5. The molecular formula is C35H50O11. The summed E-state index contributed by atoms with van der Waals surface area (Å²) in [7, 11) is 0. The first kappa shape index (κ1) is 35.6. The van der Waals surface area contributed by atoms with Gasteiger partial charge in [0.05, 0.1) is 19.4 Å². The van der Waals surface area contributed by atoms with Crippen LogP contribution < -0.4 is 0 Å². The van der Waals surface area contributed by atoms with Gasteiger partial charge in [-0.3, -0.25) is 28.8 Å². The standard InChI is InChI=1S/C35H50O11/c1-22(36)43-20-26(21-44-23(2)37)45-33(41)13-12-31(39)42-18-6-5-7-32(40)46-30-11-10-28-27-9-8-24-19-25(38)14-16-34(24,3)29(27)15-17-35(28,30)4/h19,26-30H,5-18,20-21H2,1-4H3/t27-,28-,29-,30-,34-,35-/m0/s1. The lowest BCUT2D eigenvalue weighted by molar-refractivity contribution is -0.166. The number of rotatable bonds is 14. The highest BCUT2D eigenvalue weighted by atomic mass is 16.6. The van der Waals surface area contributed by atoms with Crippen LogP contribution in [0.1, 0.15) is 111 Å². The highest BCUT2D eigenvalue weighted by Gasteiger charge is 2.60. The first-order valence-corrected chi connectivity index (χ1v) is 16.9. The second-order valence-electron chi connectivity index (χ2n) is 14.0. The van der Waals surface area contributed by atoms with Crippen molar-refractivity contribution in [2.24, 2.45) is 28.6 Å². The van der Waals surface area contributed by atoms with Crippen molar-refractivity contribution in [3.8, 4) is 0 Å². The molecule has 0 radical (unpaired) electrons. The van der Waals surface area contributed by atoms with Crippen LogP contribution in [0.25, 0.3) is 0 Å². The summed E-state index contributed by atoms with van der Waals surface area (Å²) in [5, 5.41) is 0. The second kappa shape index (κ2) is 15.6. The predicted molar refractivity (Wildman–Crippen MR) is 164 cm³/mol. The van der Waals surface area contributed by atoms with Crippen LogP contribution in [0.15, 0.2) is 11.6 Å². The number of hydrogen-bond donors (Lipinski definition) is 0. The minimum absolute atomic E-state index is 0.0174. The lowest BCUT2D eigenvalue weighted by Crippen LogP contribution is -2.51. The van der Waals surface area contributed by atoms with Crippen molar-refractivity contribution in [3.05, 3.63) is 11.6 Å². The van der Waals surface area contributed by atoms with Gasteiger partial charge in [-0.15, -0.1) is 0 Å². The Labute approximate surface area is 271 Å². The molecule has 256 valence electrons. The van der Waals surface area contributed by atoms with Crippen LogP contribution in [0.5, 0.6) is 0 Å². The number of unbranched alkanes of at least 4 members (excludes halogenated alkanes) is 1. The van der Waals surface area contributed by atoms with Crippen LogP contribution in [0.3, 0.4) is 0 Å². The SMILES string of the molecule is CC(=O)OCC(COC(C)=O)OC(=O)CCC(=O)OCCCCC(=O)O[C@H]1CC[C@H]2[C@@H]3CCC4=CC(=O)CC[C@]4(C)[C@H]3CC[C@]12C. The minimum Gasteiger partial charge on any atom is -0.466 e. The summed E-state index contributed by atoms with van der Waals surface area (Å²) in [4.78, 5) is 71.2. The number of carbonyl (C=O) groups is 6. The first-order chi connectivity index (χ1) is 21.8. The fourth-order valence-corrected chi connectivity index (χ4v) is 8.54. The number of carbonyl (C=O) groups excluding carboxylic acids is 6. The molecule has 0 N–H and O–H groups in total. The summed E-state index contributed by atoms with van der Waals surface area (Å²) < 4.78 is 26.1. The lowest BCUT2D eigenvalue weighted by atomic mass is 9.47. The summed E-state index contributed by atoms with van der Waals surface area (Å²) in [6, 6.07) is 0. The van der Waals surface area contributed by atoms with E-state index >= 15 is 0 Å². The van der Waals surface area contributed by atoms with E-state index in [1.54, 1.807) is 0 Å². The van der Waals surface area contributed by atoms with E-state index in [1.165, 1.54) is 19.4 Å². The van der Waals surface area contributed by atoms with Gasteiger partial charge in [-0.05, 0) is 87.0 Å². The van der Waals surface area contributed by atoms with Crippen molar-refractivity contribution >= 4 is 35.6 Å². The zero-order valence-corrected chi connectivity index (χ0v) is 27.8. The topological polar surface area (TPSA) is 149 Å². The molecule has 0 unspecified atom stereocenters. The zero-order valence-electron chi connectivity index (χ0n) is 27.8. The maximum atomic E-state index is 12.8. The predicted octanol–water partition coefficient (Wildman–Crippen LogP) is 4.96. The molecular weight excluding hydrogens is 596 g/mol. The molecule has 0 spiro atoms. The molecule has 0 saturated heterocycles. The molecule has 4 rings (SSSR count). The highest BCUT2D eigenvalue weighted by molar-refractivity contribution is 5.91. The Hall–Kier alpha value is -3.24. The molecule has 0 aromatic carbocycles. The third-order valence-electron chi connectivity index (χ3n) is 11.0. The van der Waals surface area contributed by atoms with Crippen molar-refractivity contribution in [1.29, 1.82) is 0 Å². The number of ketones is 1. The van der Waals surface area contributed by atoms with E-state index in [2.05, 4.69) is 13.8 Å². The largest absolute Gasteiger partial charge is 0.466 e. The molecule has 11 heteroatoms. The van der Waals surface area contributed by atoms with E-state index in [0.717, 1.165) is 44.9 Å². The average Bonchev–Trinajstić information content (AvgIpc) is 3.33. The normalized spacial score (nSPS) is 29.8. The van der Waals surface area contributed by atoms with Gasteiger partial charge >= 0.3 is 29.8 Å². The van der Waals surface area contributed by atoms with Crippen molar-refractivity contribution in [1.82, 2.24) is 0 Å². The van der Waals surface area contributed by atoms with Crippen LogP contribution >= 0.6 is 0 Å². The monoisotopic (exact) mass is 646 g/mol. The van der Waals surface area contributed by atoms with Gasteiger partial charge in [0.25, 0.3) is 0 Å². The molecule has 6 atom stereocenters. The molecule has 46 heavy (non-hydrogen) atoms. The number of hydrogen-bond acceptors (Lipinski definition) is 11. The van der Waals surface area contributed by atoms with E-state index in [0.29, 0.717) is 37.0 Å². The lowest BCUT2D eigenvalue weighted by Gasteiger charge is -2.57. The third kappa shape index (κ3) is 8.76. The fourth-order valence-electron chi connectivity index (χ4n) is 8.54. The zero-order chi connectivity index (χ0) is 33.5. The molecule has 3 saturated carbocycles. The van der Waals surface area contributed by atoms with Crippen molar-refractivity contribution in [2.75, 3.05) is 19.8 Å². The van der Waals surface area contributed by atoms with Gasteiger partial charge in [0.1, 0.15) is 19.3 Å². The maximum absolute atomic E-state index is 12.8. The van der Waals surface area contributed by atoms with E-state index in [9.17, 15) is 28.8 Å². The fraction of sp³-hybridized carbons (Fsp3) is 0.771. The summed E-state index contributed by atoms with van der Waals surface area (Å²) >= 11 is 0. The van der Waals surface area contributed by atoms with Gasteiger partial charge in [-0.2, -0.15) is 0 Å². The van der Waals surface area contributed by atoms with Gasteiger partial charge < -0.3 is 23.7 Å². The molecule has 0 heterocycles. The van der Waals surface area contributed by atoms with Crippen molar-refractivity contribution in [2.45, 2.75) is 123 Å². The molecule has 0 aliphatic heterocycles. The van der Waals surface area contributed by atoms with E-state index in [4.69, 9.17) is 23.7 Å². The number of ether oxygens (including phenoxy) is 5. The molecule has 3 fully saturated rings.